The Morgan fingerprint density at radius 2 is 1.73 bits per heavy atom. The largest absolute Gasteiger partial charge is 0.355 e. The number of nitrogens with zero attached hydrogens (tertiary/aromatic N) is 1. The van der Waals surface area contributed by atoms with Gasteiger partial charge in [-0.15, -0.1) is 0 Å². The highest BCUT2D eigenvalue weighted by atomic mass is 35.5. The smallest absolute Gasteiger partial charge is 0.325 e. The van der Waals surface area contributed by atoms with Gasteiger partial charge in [0.2, 0.25) is 5.91 Å². The molecule has 1 saturated heterocycles. The number of hydrogen-bond donors (Lipinski definition) is 3. The first-order chi connectivity index (χ1) is 14.2. The Balaban J connectivity index is 1.71. The molecule has 2 aromatic carbocycles. The average molecular weight is 449 g/mol. The van der Waals surface area contributed by atoms with Crippen LogP contribution in [0.5, 0.6) is 0 Å². The van der Waals surface area contributed by atoms with Crippen LogP contribution in [0.3, 0.4) is 0 Å². The minimum absolute atomic E-state index is 0.244. The number of imide groups is 1. The molecule has 156 valence electrons. The Morgan fingerprint density at radius 1 is 1.07 bits per heavy atom. The summed E-state index contributed by atoms with van der Waals surface area (Å²) in [7, 11) is 1.52. The van der Waals surface area contributed by atoms with Crippen LogP contribution in [0, 0.1) is 0 Å². The van der Waals surface area contributed by atoms with Crippen molar-refractivity contribution in [2.45, 2.75) is 12.5 Å². The molecule has 10 heteroatoms. The van der Waals surface area contributed by atoms with E-state index in [0.29, 0.717) is 21.8 Å². The number of carbonyl (C=O) groups is 4. The Bertz CT molecular complexity index is 1040. The van der Waals surface area contributed by atoms with Crippen molar-refractivity contribution >= 4 is 52.6 Å². The molecule has 0 aromatic heterocycles. The number of halogens is 2. The lowest BCUT2D eigenvalue weighted by atomic mass is 9.92. The maximum atomic E-state index is 12.9. The molecule has 1 aliphatic rings. The number of hydrogen-bond acceptors (Lipinski definition) is 4. The van der Waals surface area contributed by atoms with E-state index in [1.807, 2.05) is 0 Å². The molecule has 3 N–H and O–H groups in total. The van der Waals surface area contributed by atoms with E-state index in [0.717, 1.165) is 4.90 Å². The Morgan fingerprint density at radius 3 is 2.33 bits per heavy atom. The first kappa shape index (κ1) is 21.6. The minimum Gasteiger partial charge on any atom is -0.355 e. The van der Waals surface area contributed by atoms with Crippen molar-refractivity contribution in [1.29, 1.82) is 0 Å². The molecule has 0 spiro atoms. The summed E-state index contributed by atoms with van der Waals surface area (Å²) < 4.78 is 0. The van der Waals surface area contributed by atoms with Crippen molar-refractivity contribution in [3.05, 3.63) is 63.6 Å². The number of benzene rings is 2. The minimum atomic E-state index is -1.37. The summed E-state index contributed by atoms with van der Waals surface area (Å²) in [5.41, 5.74) is -0.0716. The molecule has 1 atom stereocenters. The third kappa shape index (κ3) is 4.10. The second-order valence-electron chi connectivity index (χ2n) is 6.78. The number of urea groups is 1. The van der Waals surface area contributed by atoms with Gasteiger partial charge in [0.1, 0.15) is 12.1 Å². The van der Waals surface area contributed by atoms with Crippen molar-refractivity contribution in [1.82, 2.24) is 15.5 Å². The van der Waals surface area contributed by atoms with Gasteiger partial charge in [0.05, 0.1) is 10.0 Å². The summed E-state index contributed by atoms with van der Waals surface area (Å²) in [6.07, 6.45) is 0. The van der Waals surface area contributed by atoms with E-state index in [2.05, 4.69) is 16.0 Å². The van der Waals surface area contributed by atoms with E-state index >= 15 is 0 Å². The van der Waals surface area contributed by atoms with Crippen LogP contribution in [0.4, 0.5) is 10.5 Å². The molecule has 0 aliphatic carbocycles. The van der Waals surface area contributed by atoms with Gasteiger partial charge in [-0.25, -0.2) is 4.79 Å². The number of amides is 5. The molecule has 1 aliphatic heterocycles. The van der Waals surface area contributed by atoms with E-state index < -0.39 is 29.9 Å². The first-order valence-corrected chi connectivity index (χ1v) is 9.63. The zero-order valence-corrected chi connectivity index (χ0v) is 17.6. The zero-order valence-electron chi connectivity index (χ0n) is 16.1. The molecule has 3 rings (SSSR count). The monoisotopic (exact) mass is 448 g/mol. The number of nitrogens with one attached hydrogen (secondary N) is 3. The van der Waals surface area contributed by atoms with Crippen LogP contribution >= 0.6 is 23.2 Å². The van der Waals surface area contributed by atoms with Gasteiger partial charge in [0.25, 0.3) is 11.8 Å². The van der Waals surface area contributed by atoms with E-state index in [-0.39, 0.29) is 10.9 Å². The second-order valence-corrected chi connectivity index (χ2v) is 7.59. The zero-order chi connectivity index (χ0) is 22.1. The van der Waals surface area contributed by atoms with Gasteiger partial charge in [-0.2, -0.15) is 0 Å². The Kier molecular flexibility index (Phi) is 6.00. The van der Waals surface area contributed by atoms with E-state index in [1.54, 1.807) is 30.3 Å². The molecule has 2 aromatic rings. The van der Waals surface area contributed by atoms with Gasteiger partial charge in [-0.05, 0) is 48.9 Å². The van der Waals surface area contributed by atoms with Gasteiger partial charge in [-0.1, -0.05) is 29.3 Å². The number of rotatable bonds is 5. The van der Waals surface area contributed by atoms with Crippen molar-refractivity contribution in [2.24, 2.45) is 0 Å². The molecular formula is C20H18Cl2N4O4. The summed E-state index contributed by atoms with van der Waals surface area (Å²) in [6.45, 7) is 1.06. The van der Waals surface area contributed by atoms with Crippen molar-refractivity contribution < 1.29 is 19.2 Å². The van der Waals surface area contributed by atoms with Crippen molar-refractivity contribution in [3.63, 3.8) is 0 Å². The third-order valence-electron chi connectivity index (χ3n) is 4.73. The molecule has 0 saturated carbocycles. The molecular weight excluding hydrogens is 431 g/mol. The molecule has 30 heavy (non-hydrogen) atoms. The summed E-state index contributed by atoms with van der Waals surface area (Å²) in [6, 6.07) is 10.1. The first-order valence-electron chi connectivity index (χ1n) is 8.87. The van der Waals surface area contributed by atoms with E-state index in [1.165, 1.54) is 26.1 Å². The van der Waals surface area contributed by atoms with Crippen LogP contribution in [0.2, 0.25) is 10.0 Å². The highest BCUT2D eigenvalue weighted by Crippen LogP contribution is 2.33. The van der Waals surface area contributed by atoms with Crippen molar-refractivity contribution in [3.8, 4) is 0 Å². The predicted molar refractivity (Wildman–Crippen MR) is 113 cm³/mol. The van der Waals surface area contributed by atoms with Crippen molar-refractivity contribution in [2.75, 3.05) is 18.9 Å². The fourth-order valence-electron chi connectivity index (χ4n) is 3.04. The molecule has 1 fully saturated rings. The fraction of sp³-hybridized carbons (Fsp3) is 0.200. The van der Waals surface area contributed by atoms with E-state index in [9.17, 15) is 19.2 Å². The lowest BCUT2D eigenvalue weighted by Gasteiger charge is -2.22. The topological polar surface area (TPSA) is 108 Å². The van der Waals surface area contributed by atoms with Gasteiger partial charge in [0.15, 0.2) is 0 Å². The Hall–Kier alpha value is -3.10. The predicted octanol–water partition coefficient (Wildman–Crippen LogP) is 2.76. The van der Waals surface area contributed by atoms with Crippen LogP contribution in [-0.2, 0) is 15.1 Å². The van der Waals surface area contributed by atoms with Crippen LogP contribution in [0.15, 0.2) is 42.5 Å². The average Bonchev–Trinajstić information content (AvgIpc) is 2.94. The van der Waals surface area contributed by atoms with E-state index in [4.69, 9.17) is 23.2 Å². The molecule has 1 heterocycles. The van der Waals surface area contributed by atoms with Gasteiger partial charge < -0.3 is 16.0 Å². The molecule has 0 radical (unpaired) electrons. The third-order valence-corrected chi connectivity index (χ3v) is 5.47. The van der Waals surface area contributed by atoms with Crippen LogP contribution in [0.25, 0.3) is 0 Å². The second kappa shape index (κ2) is 8.33. The molecule has 0 unspecified atom stereocenters. The van der Waals surface area contributed by atoms with Gasteiger partial charge in [0, 0.05) is 18.3 Å². The summed E-state index contributed by atoms with van der Waals surface area (Å²) in [4.78, 5) is 50.1. The SMILES string of the molecule is CNC(=O)c1ccc(NC(=O)CN2C(=O)N[C@](C)(c3ccc(Cl)c(Cl)c3)C2=O)cc1. The standard InChI is InChI=1S/C20H18Cl2N4O4/c1-20(12-5-8-14(21)15(22)9-12)18(29)26(19(30)25-20)10-16(27)24-13-6-3-11(4-7-13)17(28)23-2/h3-9H,10H2,1-2H3,(H,23,28)(H,24,27)(H,25,30)/t20-/m1/s1. The number of carbonyl (C=O) groups excluding carboxylic acids is 4. The maximum Gasteiger partial charge on any atom is 0.325 e. The Labute approximate surface area is 182 Å². The summed E-state index contributed by atoms with van der Waals surface area (Å²) >= 11 is 11.9. The molecule has 8 nitrogen and oxygen atoms in total. The lowest BCUT2D eigenvalue weighted by molar-refractivity contribution is -0.133. The summed E-state index contributed by atoms with van der Waals surface area (Å²) in [5, 5.41) is 8.25. The fourth-order valence-corrected chi connectivity index (χ4v) is 3.33. The number of anilines is 1. The van der Waals surface area contributed by atoms with Crippen LogP contribution in [-0.4, -0.2) is 42.2 Å². The van der Waals surface area contributed by atoms with Gasteiger partial charge in [-0.3, -0.25) is 19.3 Å². The highest BCUT2D eigenvalue weighted by Gasteiger charge is 2.49. The summed E-state index contributed by atoms with van der Waals surface area (Å²) in [5.74, 6) is -1.41. The van der Waals surface area contributed by atoms with Crippen LogP contribution in [0.1, 0.15) is 22.8 Å². The molecule has 0 bridgehead atoms. The normalized spacial score (nSPS) is 18.2. The quantitative estimate of drug-likeness (QED) is 0.611. The molecule has 5 amide bonds. The lowest BCUT2D eigenvalue weighted by Crippen LogP contribution is -2.42. The van der Waals surface area contributed by atoms with Crippen LogP contribution < -0.4 is 16.0 Å². The highest BCUT2D eigenvalue weighted by molar-refractivity contribution is 6.42. The maximum absolute atomic E-state index is 12.9. The van der Waals surface area contributed by atoms with Gasteiger partial charge >= 0.3 is 6.03 Å².